The second kappa shape index (κ2) is 5.51. The summed E-state index contributed by atoms with van der Waals surface area (Å²) in [6.45, 7) is 0. The van der Waals surface area contributed by atoms with Crippen LogP contribution >= 0.6 is 11.6 Å². The zero-order valence-corrected chi connectivity index (χ0v) is 12.2. The van der Waals surface area contributed by atoms with Gasteiger partial charge in [0, 0.05) is 12.2 Å². The van der Waals surface area contributed by atoms with Crippen molar-refractivity contribution in [2.75, 3.05) is 11.6 Å². The van der Waals surface area contributed by atoms with Crippen molar-refractivity contribution in [2.24, 2.45) is 5.92 Å². The Morgan fingerprint density at radius 1 is 1.32 bits per heavy atom. The molecule has 1 amide bonds. The molecule has 0 bridgehead atoms. The number of carbonyl (C=O) groups is 1. The van der Waals surface area contributed by atoms with Crippen molar-refractivity contribution in [1.82, 2.24) is 0 Å². The summed E-state index contributed by atoms with van der Waals surface area (Å²) in [6, 6.07) is 4.33. The molecule has 1 aliphatic rings. The minimum absolute atomic E-state index is 0.0120. The smallest absolute Gasteiger partial charge is 0.227 e. The topological polar surface area (TPSA) is 63.2 Å². The van der Waals surface area contributed by atoms with Crippen LogP contribution in [0.3, 0.4) is 0 Å². The predicted octanol–water partition coefficient (Wildman–Crippen LogP) is 2.87. The van der Waals surface area contributed by atoms with Crippen LogP contribution in [0.5, 0.6) is 0 Å². The van der Waals surface area contributed by atoms with Gasteiger partial charge < -0.3 is 5.32 Å². The molecule has 1 aromatic carbocycles. The number of anilines is 1. The zero-order chi connectivity index (χ0) is 14.0. The van der Waals surface area contributed by atoms with Gasteiger partial charge >= 0.3 is 0 Å². The monoisotopic (exact) mass is 301 g/mol. The first-order valence-electron chi connectivity index (χ1n) is 6.18. The first kappa shape index (κ1) is 14.3. The minimum atomic E-state index is -3.31. The molecule has 0 saturated heterocycles. The molecule has 0 radical (unpaired) electrons. The maximum Gasteiger partial charge on any atom is 0.227 e. The quantitative estimate of drug-likeness (QED) is 0.933. The highest BCUT2D eigenvalue weighted by atomic mass is 35.5. The third kappa shape index (κ3) is 3.48. The molecule has 19 heavy (non-hydrogen) atoms. The van der Waals surface area contributed by atoms with Crippen molar-refractivity contribution in [3.63, 3.8) is 0 Å². The summed E-state index contributed by atoms with van der Waals surface area (Å²) < 4.78 is 23.0. The second-order valence-corrected chi connectivity index (χ2v) is 7.31. The number of sulfone groups is 1. The normalized spacial score (nSPS) is 16.5. The van der Waals surface area contributed by atoms with Crippen molar-refractivity contribution < 1.29 is 13.2 Å². The lowest BCUT2D eigenvalue weighted by atomic mass is 10.1. The number of carbonyl (C=O) groups excluding carboxylic acids is 1. The molecule has 0 aromatic heterocycles. The summed E-state index contributed by atoms with van der Waals surface area (Å²) in [5.74, 6) is -0.0667. The fourth-order valence-corrected chi connectivity index (χ4v) is 3.07. The van der Waals surface area contributed by atoms with Crippen LogP contribution in [0.1, 0.15) is 25.7 Å². The fourth-order valence-electron chi connectivity index (χ4n) is 2.25. The van der Waals surface area contributed by atoms with Crippen molar-refractivity contribution >= 4 is 33.0 Å². The second-order valence-electron chi connectivity index (χ2n) is 4.88. The molecule has 1 saturated carbocycles. The number of halogens is 1. The van der Waals surface area contributed by atoms with E-state index in [1.165, 1.54) is 18.2 Å². The van der Waals surface area contributed by atoms with Crippen molar-refractivity contribution in [2.45, 2.75) is 30.6 Å². The average Bonchev–Trinajstić information content (AvgIpc) is 2.84. The molecule has 0 heterocycles. The molecule has 0 spiro atoms. The predicted molar refractivity (Wildman–Crippen MR) is 75.1 cm³/mol. The summed E-state index contributed by atoms with van der Waals surface area (Å²) in [4.78, 5) is 12.2. The molecule has 2 rings (SSSR count). The summed E-state index contributed by atoms with van der Waals surface area (Å²) in [6.07, 6.45) is 5.02. The summed E-state index contributed by atoms with van der Waals surface area (Å²) in [5, 5.41) is 3.08. The fraction of sp³-hybridized carbons (Fsp3) is 0.462. The summed E-state index contributed by atoms with van der Waals surface area (Å²) in [7, 11) is -3.31. The van der Waals surface area contributed by atoms with Gasteiger partial charge in [0.05, 0.1) is 15.6 Å². The summed E-state index contributed by atoms with van der Waals surface area (Å²) >= 11 is 5.99. The molecule has 0 atom stereocenters. The van der Waals surface area contributed by atoms with E-state index in [9.17, 15) is 13.2 Å². The van der Waals surface area contributed by atoms with Crippen LogP contribution in [0, 0.1) is 5.92 Å². The Bertz CT molecular complexity index is 592. The Hall–Kier alpha value is -1.07. The Kier molecular flexibility index (Phi) is 4.16. The average molecular weight is 302 g/mol. The lowest BCUT2D eigenvalue weighted by Gasteiger charge is -2.12. The maximum atomic E-state index is 12.0. The Labute approximate surface area is 118 Å². The largest absolute Gasteiger partial charge is 0.324 e. The van der Waals surface area contributed by atoms with Crippen LogP contribution in [0.2, 0.25) is 5.02 Å². The maximum absolute atomic E-state index is 12.0. The first-order chi connectivity index (χ1) is 8.88. The van der Waals surface area contributed by atoms with E-state index in [0.29, 0.717) is 10.7 Å². The van der Waals surface area contributed by atoms with Gasteiger partial charge in [0.15, 0.2) is 9.84 Å². The van der Waals surface area contributed by atoms with E-state index in [1.54, 1.807) is 0 Å². The lowest BCUT2D eigenvalue weighted by Crippen LogP contribution is -2.20. The Morgan fingerprint density at radius 2 is 1.95 bits per heavy atom. The number of hydrogen-bond acceptors (Lipinski definition) is 3. The molecular formula is C13H16ClNO3S. The Balaban J connectivity index is 2.22. The molecule has 1 aromatic rings. The van der Waals surface area contributed by atoms with Crippen LogP contribution in [0.4, 0.5) is 5.69 Å². The van der Waals surface area contributed by atoms with Gasteiger partial charge in [0.1, 0.15) is 0 Å². The number of amides is 1. The van der Waals surface area contributed by atoms with E-state index in [0.717, 1.165) is 31.9 Å². The molecule has 0 aliphatic heterocycles. The molecule has 104 valence electrons. The van der Waals surface area contributed by atoms with Gasteiger partial charge in [-0.15, -0.1) is 0 Å². The van der Waals surface area contributed by atoms with Crippen LogP contribution in [-0.4, -0.2) is 20.6 Å². The van der Waals surface area contributed by atoms with E-state index in [1.807, 2.05) is 0 Å². The zero-order valence-electron chi connectivity index (χ0n) is 10.6. The van der Waals surface area contributed by atoms with Crippen LogP contribution in [0.15, 0.2) is 23.1 Å². The third-order valence-electron chi connectivity index (χ3n) is 3.35. The molecule has 1 fully saturated rings. The van der Waals surface area contributed by atoms with Gasteiger partial charge in [-0.2, -0.15) is 0 Å². The lowest BCUT2D eigenvalue weighted by molar-refractivity contribution is -0.119. The van der Waals surface area contributed by atoms with Gasteiger partial charge in [0.25, 0.3) is 0 Å². The van der Waals surface area contributed by atoms with E-state index >= 15 is 0 Å². The van der Waals surface area contributed by atoms with Gasteiger partial charge in [-0.1, -0.05) is 24.4 Å². The molecule has 4 nitrogen and oxygen atoms in total. The first-order valence-corrected chi connectivity index (χ1v) is 8.45. The Morgan fingerprint density at radius 3 is 2.53 bits per heavy atom. The highest BCUT2D eigenvalue weighted by Crippen LogP contribution is 2.29. The van der Waals surface area contributed by atoms with E-state index < -0.39 is 9.84 Å². The summed E-state index contributed by atoms with van der Waals surface area (Å²) in [5.41, 5.74) is 0.362. The van der Waals surface area contributed by atoms with Gasteiger partial charge in [0.2, 0.25) is 5.91 Å². The van der Waals surface area contributed by atoms with Crippen LogP contribution in [0.25, 0.3) is 0 Å². The van der Waals surface area contributed by atoms with Gasteiger partial charge in [-0.3, -0.25) is 4.79 Å². The molecular weight excluding hydrogens is 286 g/mol. The highest BCUT2D eigenvalue weighted by Gasteiger charge is 2.23. The van der Waals surface area contributed by atoms with Gasteiger partial charge in [-0.25, -0.2) is 8.42 Å². The van der Waals surface area contributed by atoms with Crippen LogP contribution in [-0.2, 0) is 14.6 Å². The third-order valence-corrected chi connectivity index (χ3v) is 4.79. The number of benzene rings is 1. The number of rotatable bonds is 3. The standard InChI is InChI=1S/C13H16ClNO3S/c1-19(17,18)10-6-7-11(14)12(8-10)15-13(16)9-4-2-3-5-9/h6-9H,2-5H2,1H3,(H,15,16). The van der Waals surface area contributed by atoms with Crippen molar-refractivity contribution in [3.8, 4) is 0 Å². The van der Waals surface area contributed by atoms with Gasteiger partial charge in [-0.05, 0) is 31.0 Å². The van der Waals surface area contributed by atoms with Crippen LogP contribution < -0.4 is 5.32 Å². The number of nitrogens with one attached hydrogen (secondary N) is 1. The molecule has 0 unspecified atom stereocenters. The van der Waals surface area contributed by atoms with Crippen molar-refractivity contribution in [3.05, 3.63) is 23.2 Å². The van der Waals surface area contributed by atoms with Crippen molar-refractivity contribution in [1.29, 1.82) is 0 Å². The molecule has 6 heteroatoms. The molecule has 1 aliphatic carbocycles. The van der Waals surface area contributed by atoms with E-state index in [-0.39, 0.29) is 16.7 Å². The SMILES string of the molecule is CS(=O)(=O)c1ccc(Cl)c(NC(=O)C2CCCC2)c1. The van der Waals surface area contributed by atoms with E-state index in [4.69, 9.17) is 11.6 Å². The highest BCUT2D eigenvalue weighted by molar-refractivity contribution is 7.90. The number of hydrogen-bond donors (Lipinski definition) is 1. The minimum Gasteiger partial charge on any atom is -0.324 e. The van der Waals surface area contributed by atoms with E-state index in [2.05, 4.69) is 5.32 Å². The molecule has 1 N–H and O–H groups in total.